The maximum absolute atomic E-state index is 4.29. The van der Waals surface area contributed by atoms with E-state index in [0.29, 0.717) is 23.2 Å². The molecule has 0 aliphatic heterocycles. The molecule has 0 bridgehead atoms. The van der Waals surface area contributed by atoms with Gasteiger partial charge in [-0.2, -0.15) is 0 Å². The van der Waals surface area contributed by atoms with Gasteiger partial charge >= 0.3 is 0 Å². The van der Waals surface area contributed by atoms with Gasteiger partial charge in [0, 0.05) is 5.92 Å². The summed E-state index contributed by atoms with van der Waals surface area (Å²) in [6, 6.07) is 9.54. The van der Waals surface area contributed by atoms with Gasteiger partial charge in [0.2, 0.25) is 0 Å². The molecule has 176 valence electrons. The Labute approximate surface area is 203 Å². The van der Waals surface area contributed by atoms with Gasteiger partial charge in [-0.1, -0.05) is 87.9 Å². The molecule has 0 saturated heterocycles. The third-order valence-corrected chi connectivity index (χ3v) is 9.43. The van der Waals surface area contributed by atoms with Crippen LogP contribution < -0.4 is 0 Å². The molecule has 5 rings (SSSR count). The summed E-state index contributed by atoms with van der Waals surface area (Å²) >= 11 is 0. The Balaban J connectivity index is 0.00000126. The van der Waals surface area contributed by atoms with Crippen LogP contribution in [0.15, 0.2) is 84.5 Å². The van der Waals surface area contributed by atoms with Gasteiger partial charge in [0.1, 0.15) is 0 Å². The molecule has 2 saturated carbocycles. The van der Waals surface area contributed by atoms with Crippen LogP contribution in [0.1, 0.15) is 95.6 Å². The molecule has 33 heavy (non-hydrogen) atoms. The summed E-state index contributed by atoms with van der Waals surface area (Å²) in [4.78, 5) is 0. The number of hydrogen-bond acceptors (Lipinski definition) is 0. The first-order chi connectivity index (χ1) is 16.0. The minimum Gasteiger partial charge on any atom is -0.103 e. The molecule has 0 spiro atoms. The van der Waals surface area contributed by atoms with Crippen LogP contribution in [-0.4, -0.2) is 0 Å². The average Bonchev–Trinajstić information content (AvgIpc) is 3.20. The summed E-state index contributed by atoms with van der Waals surface area (Å²) in [5.74, 6) is 3.19. The van der Waals surface area contributed by atoms with E-state index in [4.69, 9.17) is 0 Å². The van der Waals surface area contributed by atoms with Crippen molar-refractivity contribution >= 4 is 0 Å². The molecule has 4 aliphatic rings. The van der Waals surface area contributed by atoms with Gasteiger partial charge in [-0.3, -0.25) is 0 Å². The molecule has 6 atom stereocenters. The highest BCUT2D eigenvalue weighted by Gasteiger charge is 2.55. The van der Waals surface area contributed by atoms with E-state index < -0.39 is 0 Å². The van der Waals surface area contributed by atoms with Gasteiger partial charge in [-0.15, -0.1) is 13.2 Å². The lowest BCUT2D eigenvalue weighted by Crippen LogP contribution is -2.42. The Morgan fingerprint density at radius 1 is 1.00 bits per heavy atom. The maximum atomic E-state index is 4.29. The van der Waals surface area contributed by atoms with E-state index in [1.807, 2.05) is 25.5 Å². The molecule has 0 nitrogen and oxygen atoms in total. The van der Waals surface area contributed by atoms with Crippen LogP contribution in [0.5, 0.6) is 0 Å². The van der Waals surface area contributed by atoms with Gasteiger partial charge in [-0.25, -0.2) is 0 Å². The van der Waals surface area contributed by atoms with Gasteiger partial charge in [0.05, 0.1) is 0 Å². The molecule has 0 aromatic heterocycles. The molecule has 0 N–H and O–H groups in total. The van der Waals surface area contributed by atoms with Crippen molar-refractivity contribution < 1.29 is 0 Å². The summed E-state index contributed by atoms with van der Waals surface area (Å²) in [5, 5.41) is 0. The van der Waals surface area contributed by atoms with Crippen LogP contribution in [0.3, 0.4) is 0 Å². The van der Waals surface area contributed by atoms with Gasteiger partial charge < -0.3 is 0 Å². The summed E-state index contributed by atoms with van der Waals surface area (Å²) in [5.41, 5.74) is 9.72. The normalized spacial score (nSPS) is 33.6. The van der Waals surface area contributed by atoms with Crippen LogP contribution >= 0.6 is 0 Å². The fraction of sp³-hybridized carbons (Fsp3) is 0.515. The lowest BCUT2D eigenvalue weighted by Gasteiger charge is -2.52. The smallest absolute Gasteiger partial charge is 0.00624 e. The summed E-state index contributed by atoms with van der Waals surface area (Å²) < 4.78 is 0. The van der Waals surface area contributed by atoms with E-state index in [1.165, 1.54) is 55.2 Å². The van der Waals surface area contributed by atoms with Gasteiger partial charge in [0.25, 0.3) is 0 Å². The topological polar surface area (TPSA) is 0 Å². The van der Waals surface area contributed by atoms with E-state index in [2.05, 4.69) is 70.0 Å². The van der Waals surface area contributed by atoms with Crippen molar-refractivity contribution in [3.05, 3.63) is 95.6 Å². The van der Waals surface area contributed by atoms with Crippen LogP contribution in [0.25, 0.3) is 0 Å². The third kappa shape index (κ3) is 4.05. The summed E-state index contributed by atoms with van der Waals surface area (Å²) in [6.45, 7) is 21.4. The molecule has 1 aromatic carbocycles. The first-order valence-electron chi connectivity index (χ1n) is 13.4. The molecule has 0 radical (unpaired) electrons. The van der Waals surface area contributed by atoms with E-state index in [9.17, 15) is 0 Å². The van der Waals surface area contributed by atoms with Crippen LogP contribution in [0, 0.1) is 23.2 Å². The lowest BCUT2D eigenvalue weighted by molar-refractivity contribution is 0.0813. The third-order valence-electron chi connectivity index (χ3n) is 9.43. The minimum absolute atomic E-state index is 0.383. The van der Waals surface area contributed by atoms with Gasteiger partial charge in [-0.05, 0) is 96.3 Å². The van der Waals surface area contributed by atoms with Crippen molar-refractivity contribution in [2.75, 3.05) is 0 Å². The molecule has 0 heteroatoms. The summed E-state index contributed by atoms with van der Waals surface area (Å²) in [6.07, 6.45) is 15.6. The Kier molecular flexibility index (Phi) is 7.04. The summed E-state index contributed by atoms with van der Waals surface area (Å²) in [7, 11) is 0. The fourth-order valence-electron chi connectivity index (χ4n) is 7.64. The van der Waals surface area contributed by atoms with E-state index >= 15 is 0 Å². The number of fused-ring (bicyclic) bond motifs is 4. The zero-order valence-corrected chi connectivity index (χ0v) is 21.5. The van der Waals surface area contributed by atoms with Crippen LogP contribution in [-0.2, 0) is 0 Å². The molecule has 0 amide bonds. The molecular weight excluding hydrogens is 396 g/mol. The van der Waals surface area contributed by atoms with E-state index in [0.717, 1.165) is 18.3 Å². The largest absolute Gasteiger partial charge is 0.103 e. The number of allylic oxidation sites excluding steroid dienone is 7. The maximum Gasteiger partial charge on any atom is 0.00624 e. The van der Waals surface area contributed by atoms with Crippen LogP contribution in [0.2, 0.25) is 0 Å². The van der Waals surface area contributed by atoms with Crippen molar-refractivity contribution in [1.29, 1.82) is 0 Å². The van der Waals surface area contributed by atoms with Gasteiger partial charge in [0.15, 0.2) is 0 Å². The number of benzene rings is 1. The number of rotatable bonds is 4. The minimum atomic E-state index is 0.383. The average molecular weight is 441 g/mol. The number of hydrogen-bond donors (Lipinski definition) is 0. The molecule has 1 aromatic rings. The zero-order valence-electron chi connectivity index (χ0n) is 21.5. The van der Waals surface area contributed by atoms with Crippen LogP contribution in [0.4, 0.5) is 0 Å². The second kappa shape index (κ2) is 9.65. The fourth-order valence-corrected chi connectivity index (χ4v) is 7.64. The van der Waals surface area contributed by atoms with Crippen molar-refractivity contribution in [1.82, 2.24) is 0 Å². The van der Waals surface area contributed by atoms with Crippen molar-refractivity contribution in [3.63, 3.8) is 0 Å². The van der Waals surface area contributed by atoms with Crippen molar-refractivity contribution in [2.24, 2.45) is 23.2 Å². The second-order valence-corrected chi connectivity index (χ2v) is 10.9. The predicted octanol–water partition coefficient (Wildman–Crippen LogP) is 9.69. The SMILES string of the molecule is C=CC(C)c1ccc(C2CC3(C)C(C=C)CCC3C3CCC4=CC(=C)CCC4=C23)cc1.CC. The first kappa shape index (κ1) is 24.1. The first-order valence-corrected chi connectivity index (χ1v) is 13.4. The lowest BCUT2D eigenvalue weighted by atomic mass is 9.52. The molecular formula is C33H44. The Morgan fingerprint density at radius 2 is 1.73 bits per heavy atom. The Morgan fingerprint density at radius 3 is 2.39 bits per heavy atom. The molecule has 0 heterocycles. The highest BCUT2D eigenvalue weighted by molar-refractivity contribution is 5.51. The Bertz CT molecular complexity index is 968. The highest BCUT2D eigenvalue weighted by atomic mass is 14.6. The van der Waals surface area contributed by atoms with E-state index in [1.54, 1.807) is 11.1 Å². The van der Waals surface area contributed by atoms with Crippen molar-refractivity contribution in [2.45, 2.75) is 84.5 Å². The second-order valence-electron chi connectivity index (χ2n) is 10.9. The molecule has 6 unspecified atom stereocenters. The zero-order chi connectivity index (χ0) is 23.8. The standard InChI is InChI=1S/C31H38.C2H6/c1-6-21(4)22-9-11-23(12-10-22)28-19-31(5)25(7-2)14-17-29(31)27-16-13-24-18-20(3)8-15-26(24)30(27)28;1-2/h6-7,9-12,18,21,25,27-29H,1-3,8,13-17,19H2,4-5H3;1-2H3. The Hall–Kier alpha value is -2.08. The predicted molar refractivity (Wildman–Crippen MR) is 144 cm³/mol. The van der Waals surface area contributed by atoms with E-state index in [-0.39, 0.29) is 0 Å². The highest BCUT2D eigenvalue weighted by Crippen LogP contribution is 2.65. The monoisotopic (exact) mass is 440 g/mol. The molecule has 2 fully saturated rings. The molecule has 4 aliphatic carbocycles. The quantitative estimate of drug-likeness (QED) is 0.409. The van der Waals surface area contributed by atoms with Crippen molar-refractivity contribution in [3.8, 4) is 0 Å².